The third-order valence-electron chi connectivity index (χ3n) is 2.88. The highest BCUT2D eigenvalue weighted by Gasteiger charge is 2.14. The van der Waals surface area contributed by atoms with E-state index in [-0.39, 0.29) is 11.7 Å². The molecule has 2 N–H and O–H groups in total. The maximum atomic E-state index is 11.9. The van der Waals surface area contributed by atoms with Crippen LogP contribution in [0, 0.1) is 0 Å². The van der Waals surface area contributed by atoms with Crippen LogP contribution in [0.5, 0.6) is 11.5 Å². The van der Waals surface area contributed by atoms with Crippen molar-refractivity contribution in [3.63, 3.8) is 0 Å². The van der Waals surface area contributed by atoms with Crippen LogP contribution in [-0.2, 0) is 0 Å². The van der Waals surface area contributed by atoms with Crippen LogP contribution >= 0.6 is 31.9 Å². The number of nitrogens with zero attached hydrogens (tertiary/aromatic N) is 1. The van der Waals surface area contributed by atoms with Gasteiger partial charge in [0.25, 0.3) is 5.91 Å². The normalized spacial score (nSPS) is 10.7. The summed E-state index contributed by atoms with van der Waals surface area (Å²) >= 11 is 6.64. The van der Waals surface area contributed by atoms with Gasteiger partial charge in [0.2, 0.25) is 0 Å². The molecule has 1 amide bonds. The number of ether oxygens (including phenoxy) is 1. The molecular weight excluding hydrogens is 428 g/mol. The Labute approximate surface area is 150 Å². The van der Waals surface area contributed by atoms with E-state index in [1.807, 2.05) is 13.0 Å². The SMILES string of the molecule is CCOc1cc(/C=N\NC(=O)c2ccccc2)c(Br)c(Br)c1O. The van der Waals surface area contributed by atoms with Crippen LogP contribution in [0.3, 0.4) is 0 Å². The summed E-state index contributed by atoms with van der Waals surface area (Å²) in [6, 6.07) is 10.4. The Balaban J connectivity index is 2.18. The maximum Gasteiger partial charge on any atom is 0.271 e. The zero-order valence-corrected chi connectivity index (χ0v) is 15.4. The van der Waals surface area contributed by atoms with E-state index < -0.39 is 0 Å². The molecule has 0 heterocycles. The third kappa shape index (κ3) is 4.33. The van der Waals surface area contributed by atoms with Crippen molar-refractivity contribution in [1.29, 1.82) is 0 Å². The number of phenols is 1. The summed E-state index contributed by atoms with van der Waals surface area (Å²) in [5.41, 5.74) is 3.62. The lowest BCUT2D eigenvalue weighted by Crippen LogP contribution is -2.17. The number of phenolic OH excluding ortho intramolecular Hbond substituents is 1. The van der Waals surface area contributed by atoms with Gasteiger partial charge < -0.3 is 9.84 Å². The second kappa shape index (κ2) is 8.12. The molecule has 0 aliphatic rings. The van der Waals surface area contributed by atoms with E-state index in [9.17, 15) is 9.90 Å². The molecule has 0 radical (unpaired) electrons. The van der Waals surface area contributed by atoms with E-state index in [2.05, 4.69) is 42.4 Å². The van der Waals surface area contributed by atoms with Crippen molar-refractivity contribution in [1.82, 2.24) is 5.43 Å². The molecule has 0 atom stereocenters. The summed E-state index contributed by atoms with van der Waals surface area (Å²) < 4.78 is 6.43. The number of nitrogens with one attached hydrogen (secondary N) is 1. The number of hydrogen-bond acceptors (Lipinski definition) is 4. The second-order valence-corrected chi connectivity index (χ2v) is 6.02. The first-order valence-electron chi connectivity index (χ1n) is 6.76. The highest BCUT2D eigenvalue weighted by Crippen LogP contribution is 2.41. The number of carbonyl (C=O) groups excluding carboxylic acids is 1. The van der Waals surface area contributed by atoms with Gasteiger partial charge in [0.1, 0.15) is 0 Å². The Morgan fingerprint density at radius 2 is 2.00 bits per heavy atom. The van der Waals surface area contributed by atoms with Gasteiger partial charge in [-0.1, -0.05) is 18.2 Å². The molecule has 0 bridgehead atoms. The zero-order chi connectivity index (χ0) is 16.8. The number of amides is 1. The molecule has 0 spiro atoms. The Morgan fingerprint density at radius 1 is 1.30 bits per heavy atom. The van der Waals surface area contributed by atoms with Gasteiger partial charge in [-0.3, -0.25) is 4.79 Å². The average molecular weight is 442 g/mol. The van der Waals surface area contributed by atoms with Crippen LogP contribution in [0.15, 0.2) is 50.4 Å². The smallest absolute Gasteiger partial charge is 0.271 e. The van der Waals surface area contributed by atoms with E-state index in [4.69, 9.17) is 4.74 Å². The first-order valence-corrected chi connectivity index (χ1v) is 8.35. The highest BCUT2D eigenvalue weighted by molar-refractivity contribution is 9.13. The Hall–Kier alpha value is -1.86. The molecule has 0 aliphatic heterocycles. The molecule has 0 aliphatic carbocycles. The molecule has 0 saturated heterocycles. The molecule has 0 unspecified atom stereocenters. The fourth-order valence-corrected chi connectivity index (χ4v) is 2.61. The van der Waals surface area contributed by atoms with Crippen LogP contribution in [0.2, 0.25) is 0 Å². The van der Waals surface area contributed by atoms with Gasteiger partial charge >= 0.3 is 0 Å². The molecule has 0 aromatic heterocycles. The van der Waals surface area contributed by atoms with Crippen LogP contribution in [0.25, 0.3) is 0 Å². The van der Waals surface area contributed by atoms with E-state index >= 15 is 0 Å². The molecule has 0 saturated carbocycles. The lowest BCUT2D eigenvalue weighted by atomic mass is 10.2. The Bertz CT molecular complexity index is 734. The van der Waals surface area contributed by atoms with Crippen molar-refractivity contribution in [3.05, 3.63) is 56.5 Å². The molecular formula is C16H14Br2N2O3. The van der Waals surface area contributed by atoms with Crippen molar-refractivity contribution >= 4 is 44.0 Å². The summed E-state index contributed by atoms with van der Waals surface area (Å²) in [5, 5.41) is 13.9. The topological polar surface area (TPSA) is 70.9 Å². The first-order chi connectivity index (χ1) is 11.0. The Kier molecular flexibility index (Phi) is 6.18. The van der Waals surface area contributed by atoms with Crippen LogP contribution < -0.4 is 10.2 Å². The minimum Gasteiger partial charge on any atom is -0.503 e. The fraction of sp³-hybridized carbons (Fsp3) is 0.125. The van der Waals surface area contributed by atoms with E-state index in [1.54, 1.807) is 30.3 Å². The van der Waals surface area contributed by atoms with Crippen LogP contribution in [-0.4, -0.2) is 23.8 Å². The van der Waals surface area contributed by atoms with Gasteiger partial charge in [-0.05, 0) is 57.0 Å². The average Bonchev–Trinajstić information content (AvgIpc) is 2.57. The fourth-order valence-electron chi connectivity index (χ4n) is 1.79. The largest absolute Gasteiger partial charge is 0.503 e. The number of halogens is 2. The number of aromatic hydroxyl groups is 1. The van der Waals surface area contributed by atoms with Crippen molar-refractivity contribution in [3.8, 4) is 11.5 Å². The number of carbonyl (C=O) groups is 1. The van der Waals surface area contributed by atoms with Gasteiger partial charge in [0.15, 0.2) is 11.5 Å². The predicted octanol–water partition coefficient (Wildman–Crippen LogP) is 4.08. The summed E-state index contributed by atoms with van der Waals surface area (Å²) in [7, 11) is 0. The van der Waals surface area contributed by atoms with Gasteiger partial charge in [0, 0.05) is 15.6 Å². The van der Waals surface area contributed by atoms with Crippen molar-refractivity contribution in [2.45, 2.75) is 6.92 Å². The maximum absolute atomic E-state index is 11.9. The van der Waals surface area contributed by atoms with Gasteiger partial charge in [-0.2, -0.15) is 5.10 Å². The molecule has 0 fully saturated rings. The molecule has 7 heteroatoms. The van der Waals surface area contributed by atoms with Gasteiger partial charge in [-0.15, -0.1) is 0 Å². The lowest BCUT2D eigenvalue weighted by Gasteiger charge is -2.10. The number of hydrogen-bond donors (Lipinski definition) is 2. The van der Waals surface area contributed by atoms with E-state index in [0.717, 1.165) is 0 Å². The Morgan fingerprint density at radius 3 is 2.65 bits per heavy atom. The molecule has 2 rings (SSSR count). The molecule has 120 valence electrons. The van der Waals surface area contributed by atoms with Crippen molar-refractivity contribution < 1.29 is 14.6 Å². The standard InChI is InChI=1S/C16H14Br2N2O3/c1-2-23-12-8-11(13(17)14(18)15(12)21)9-19-20-16(22)10-6-4-3-5-7-10/h3-9,21H,2H2,1H3,(H,20,22)/b19-9-. The molecule has 5 nitrogen and oxygen atoms in total. The molecule has 2 aromatic rings. The summed E-state index contributed by atoms with van der Waals surface area (Å²) in [6.45, 7) is 2.24. The number of benzene rings is 2. The lowest BCUT2D eigenvalue weighted by molar-refractivity contribution is 0.0955. The summed E-state index contributed by atoms with van der Waals surface area (Å²) in [4.78, 5) is 11.9. The monoisotopic (exact) mass is 440 g/mol. The first kappa shape index (κ1) is 17.5. The predicted molar refractivity (Wildman–Crippen MR) is 96.2 cm³/mol. The van der Waals surface area contributed by atoms with E-state index in [0.29, 0.717) is 32.4 Å². The van der Waals surface area contributed by atoms with Crippen molar-refractivity contribution in [2.24, 2.45) is 5.10 Å². The van der Waals surface area contributed by atoms with Crippen LogP contribution in [0.4, 0.5) is 0 Å². The minimum atomic E-state index is -0.305. The summed E-state index contributed by atoms with van der Waals surface area (Å²) in [6.07, 6.45) is 1.47. The third-order valence-corrected chi connectivity index (χ3v) is 5.04. The second-order valence-electron chi connectivity index (χ2n) is 4.44. The summed E-state index contributed by atoms with van der Waals surface area (Å²) in [5.74, 6) is 0.0310. The minimum absolute atomic E-state index is 0.00389. The highest BCUT2D eigenvalue weighted by atomic mass is 79.9. The molecule has 23 heavy (non-hydrogen) atoms. The van der Waals surface area contributed by atoms with Gasteiger partial charge in [0.05, 0.1) is 17.3 Å². The molecule has 2 aromatic carbocycles. The quantitative estimate of drug-likeness (QED) is 0.542. The number of hydrazone groups is 1. The number of rotatable bonds is 5. The van der Waals surface area contributed by atoms with Crippen molar-refractivity contribution in [2.75, 3.05) is 6.61 Å². The van der Waals surface area contributed by atoms with E-state index in [1.165, 1.54) is 6.21 Å². The van der Waals surface area contributed by atoms with Gasteiger partial charge in [-0.25, -0.2) is 5.43 Å². The zero-order valence-electron chi connectivity index (χ0n) is 12.2. The van der Waals surface area contributed by atoms with Crippen LogP contribution in [0.1, 0.15) is 22.8 Å².